The van der Waals surface area contributed by atoms with E-state index >= 15 is 0 Å². The van der Waals surface area contributed by atoms with Gasteiger partial charge in [0.15, 0.2) is 0 Å². The van der Waals surface area contributed by atoms with E-state index in [2.05, 4.69) is 40.3 Å². The first-order valence-corrected chi connectivity index (χ1v) is 9.72. The van der Waals surface area contributed by atoms with Crippen LogP contribution in [0, 0.1) is 5.82 Å². The van der Waals surface area contributed by atoms with Crippen LogP contribution in [0.1, 0.15) is 29.0 Å². The van der Waals surface area contributed by atoms with Gasteiger partial charge in [-0.25, -0.2) is 4.39 Å². The molecule has 0 saturated heterocycles. The fraction of sp³-hybridized carbons (Fsp3) is 0.160. The molecule has 0 aliphatic carbocycles. The minimum Gasteiger partial charge on any atom is -0.352 e. The molecule has 0 aliphatic heterocycles. The number of para-hydroxylation sites is 1. The van der Waals surface area contributed by atoms with E-state index in [4.69, 9.17) is 0 Å². The lowest BCUT2D eigenvalue weighted by molar-refractivity contribution is -0.121. The molecule has 1 N–H and O–H groups in total. The van der Waals surface area contributed by atoms with Gasteiger partial charge in [-0.15, -0.1) is 0 Å². The van der Waals surface area contributed by atoms with Crippen LogP contribution in [0.4, 0.5) is 4.39 Å². The van der Waals surface area contributed by atoms with E-state index in [1.54, 1.807) is 12.1 Å². The third kappa shape index (κ3) is 4.21. The maximum absolute atomic E-state index is 13.1. The standard InChI is InChI=1S/C25H23FN2O/c1-28-17-23(21-9-5-6-10-24(21)28)22(19-7-3-2-4-8-19)15-25(29)27-16-18-11-13-20(26)14-12-18/h2-14,17,22H,15-16H2,1H3,(H,27,29). The number of aromatic nitrogens is 1. The van der Waals surface area contributed by atoms with Crippen molar-refractivity contribution in [2.45, 2.75) is 18.9 Å². The number of rotatable bonds is 6. The number of carbonyl (C=O) groups is 1. The summed E-state index contributed by atoms with van der Waals surface area (Å²) in [5.74, 6) is -0.355. The van der Waals surface area contributed by atoms with Crippen molar-refractivity contribution in [2.75, 3.05) is 0 Å². The molecule has 4 rings (SSSR count). The Morgan fingerprint density at radius 2 is 1.66 bits per heavy atom. The molecule has 0 fully saturated rings. The first kappa shape index (κ1) is 18.9. The van der Waals surface area contributed by atoms with Crippen LogP contribution in [-0.2, 0) is 18.4 Å². The summed E-state index contributed by atoms with van der Waals surface area (Å²) < 4.78 is 15.2. The van der Waals surface area contributed by atoms with Crippen molar-refractivity contribution in [3.8, 4) is 0 Å². The zero-order chi connectivity index (χ0) is 20.2. The van der Waals surface area contributed by atoms with E-state index in [1.165, 1.54) is 12.1 Å². The molecule has 1 unspecified atom stereocenters. The van der Waals surface area contributed by atoms with Crippen molar-refractivity contribution < 1.29 is 9.18 Å². The topological polar surface area (TPSA) is 34.0 Å². The minimum atomic E-state index is -0.278. The van der Waals surface area contributed by atoms with Gasteiger partial charge in [0.25, 0.3) is 0 Å². The SMILES string of the molecule is Cn1cc(C(CC(=O)NCc2ccc(F)cc2)c2ccccc2)c2ccccc21. The van der Waals surface area contributed by atoms with Gasteiger partial charge in [-0.3, -0.25) is 4.79 Å². The molecule has 29 heavy (non-hydrogen) atoms. The van der Waals surface area contributed by atoms with Gasteiger partial charge in [0.2, 0.25) is 5.91 Å². The molecule has 1 aromatic heterocycles. The van der Waals surface area contributed by atoms with Gasteiger partial charge in [-0.1, -0.05) is 60.7 Å². The van der Waals surface area contributed by atoms with Gasteiger partial charge >= 0.3 is 0 Å². The smallest absolute Gasteiger partial charge is 0.221 e. The highest BCUT2D eigenvalue weighted by Crippen LogP contribution is 2.34. The van der Waals surface area contributed by atoms with E-state index in [-0.39, 0.29) is 17.6 Å². The largest absolute Gasteiger partial charge is 0.352 e. The molecule has 3 nitrogen and oxygen atoms in total. The van der Waals surface area contributed by atoms with Crippen LogP contribution < -0.4 is 5.32 Å². The lowest BCUT2D eigenvalue weighted by Gasteiger charge is -2.17. The maximum atomic E-state index is 13.1. The number of fused-ring (bicyclic) bond motifs is 1. The summed E-state index contributed by atoms with van der Waals surface area (Å²) in [4.78, 5) is 12.8. The highest BCUT2D eigenvalue weighted by atomic mass is 19.1. The van der Waals surface area contributed by atoms with Crippen molar-refractivity contribution in [1.29, 1.82) is 0 Å². The number of benzene rings is 3. The Hall–Kier alpha value is -3.40. The summed E-state index contributed by atoms with van der Waals surface area (Å²) in [6.45, 7) is 0.385. The Morgan fingerprint density at radius 3 is 2.41 bits per heavy atom. The summed E-state index contributed by atoms with van der Waals surface area (Å²) >= 11 is 0. The van der Waals surface area contributed by atoms with Crippen LogP contribution in [0.2, 0.25) is 0 Å². The van der Waals surface area contributed by atoms with Crippen molar-refractivity contribution in [2.24, 2.45) is 7.05 Å². The molecule has 4 aromatic rings. The zero-order valence-electron chi connectivity index (χ0n) is 16.3. The first-order valence-electron chi connectivity index (χ1n) is 9.72. The molecular formula is C25H23FN2O. The summed E-state index contributed by atoms with van der Waals surface area (Å²) in [7, 11) is 2.03. The predicted octanol–water partition coefficient (Wildman–Crippen LogP) is 5.16. The Labute approximate surface area is 169 Å². The highest BCUT2D eigenvalue weighted by Gasteiger charge is 2.22. The van der Waals surface area contributed by atoms with Crippen molar-refractivity contribution in [3.05, 3.63) is 108 Å². The lowest BCUT2D eigenvalue weighted by Crippen LogP contribution is -2.25. The number of carbonyl (C=O) groups excluding carboxylic acids is 1. The fourth-order valence-electron chi connectivity index (χ4n) is 3.80. The van der Waals surface area contributed by atoms with Gasteiger partial charge < -0.3 is 9.88 Å². The molecule has 1 heterocycles. The fourth-order valence-corrected chi connectivity index (χ4v) is 3.80. The second-order valence-corrected chi connectivity index (χ2v) is 7.28. The normalized spacial score (nSPS) is 12.1. The third-order valence-electron chi connectivity index (χ3n) is 5.30. The number of aryl methyl sites for hydroxylation is 1. The number of amides is 1. The van der Waals surface area contributed by atoms with E-state index in [0.717, 1.165) is 27.6 Å². The van der Waals surface area contributed by atoms with E-state index in [9.17, 15) is 9.18 Å². The minimum absolute atomic E-state index is 0.0314. The van der Waals surface area contributed by atoms with Crippen LogP contribution in [-0.4, -0.2) is 10.5 Å². The third-order valence-corrected chi connectivity index (χ3v) is 5.30. The van der Waals surface area contributed by atoms with Gasteiger partial charge in [0.1, 0.15) is 5.82 Å². The average Bonchev–Trinajstić information content (AvgIpc) is 3.09. The van der Waals surface area contributed by atoms with Gasteiger partial charge in [-0.05, 0) is 34.9 Å². The van der Waals surface area contributed by atoms with Gasteiger partial charge in [0, 0.05) is 43.0 Å². The number of nitrogens with one attached hydrogen (secondary N) is 1. The van der Waals surface area contributed by atoms with E-state index < -0.39 is 0 Å². The number of hydrogen-bond donors (Lipinski definition) is 1. The van der Waals surface area contributed by atoms with E-state index in [0.29, 0.717) is 13.0 Å². The molecule has 1 amide bonds. The molecule has 0 bridgehead atoms. The summed E-state index contributed by atoms with van der Waals surface area (Å²) in [6.07, 6.45) is 2.47. The molecule has 3 aromatic carbocycles. The summed E-state index contributed by atoms with van der Waals surface area (Å²) in [5, 5.41) is 4.14. The monoisotopic (exact) mass is 386 g/mol. The van der Waals surface area contributed by atoms with Crippen LogP contribution in [0.3, 0.4) is 0 Å². The Kier molecular flexibility index (Phi) is 5.43. The highest BCUT2D eigenvalue weighted by molar-refractivity contribution is 5.86. The Morgan fingerprint density at radius 1 is 0.966 bits per heavy atom. The average molecular weight is 386 g/mol. The molecular weight excluding hydrogens is 363 g/mol. The molecule has 1 atom stereocenters. The molecule has 4 heteroatoms. The van der Waals surface area contributed by atoms with Gasteiger partial charge in [0.05, 0.1) is 0 Å². The van der Waals surface area contributed by atoms with Crippen molar-refractivity contribution >= 4 is 16.8 Å². The van der Waals surface area contributed by atoms with Crippen LogP contribution in [0.25, 0.3) is 10.9 Å². The number of hydrogen-bond acceptors (Lipinski definition) is 1. The molecule has 0 saturated carbocycles. The van der Waals surface area contributed by atoms with Crippen molar-refractivity contribution in [3.63, 3.8) is 0 Å². The van der Waals surface area contributed by atoms with Gasteiger partial charge in [-0.2, -0.15) is 0 Å². The second-order valence-electron chi connectivity index (χ2n) is 7.28. The first-order chi connectivity index (χ1) is 14.1. The Balaban J connectivity index is 1.59. The molecule has 0 radical (unpaired) electrons. The van der Waals surface area contributed by atoms with Crippen LogP contribution >= 0.6 is 0 Å². The van der Waals surface area contributed by atoms with E-state index in [1.807, 2.05) is 37.4 Å². The van der Waals surface area contributed by atoms with Crippen LogP contribution in [0.15, 0.2) is 85.1 Å². The Bertz CT molecular complexity index is 1120. The molecule has 0 spiro atoms. The lowest BCUT2D eigenvalue weighted by atomic mass is 9.88. The van der Waals surface area contributed by atoms with Crippen LogP contribution in [0.5, 0.6) is 0 Å². The molecule has 0 aliphatic rings. The summed E-state index contributed by atoms with van der Waals surface area (Å²) in [6, 6.07) is 24.6. The maximum Gasteiger partial charge on any atom is 0.221 e. The second kappa shape index (κ2) is 8.31. The zero-order valence-corrected chi connectivity index (χ0v) is 16.3. The summed E-state index contributed by atoms with van der Waals surface area (Å²) in [5.41, 5.74) is 4.28. The van der Waals surface area contributed by atoms with Crippen molar-refractivity contribution in [1.82, 2.24) is 9.88 Å². The quantitative estimate of drug-likeness (QED) is 0.488. The number of halogens is 1. The predicted molar refractivity (Wildman–Crippen MR) is 114 cm³/mol. The molecule has 146 valence electrons. The number of nitrogens with zero attached hydrogens (tertiary/aromatic N) is 1.